The quantitative estimate of drug-likeness (QED) is 0.677. The summed E-state index contributed by atoms with van der Waals surface area (Å²) in [4.78, 5) is 16.2. The van der Waals surface area contributed by atoms with E-state index in [4.69, 9.17) is 14.2 Å². The Morgan fingerprint density at radius 3 is 2.07 bits per heavy atom. The number of rotatable bonds is 9. The zero-order valence-corrected chi connectivity index (χ0v) is 16.7. The Morgan fingerprint density at radius 1 is 0.852 bits per heavy atom. The molecular weight excluding hydrogens is 344 g/mol. The molecule has 1 amide bonds. The molecule has 27 heavy (non-hydrogen) atoms. The van der Waals surface area contributed by atoms with Gasteiger partial charge < -0.3 is 19.1 Å². The van der Waals surface area contributed by atoms with Gasteiger partial charge in [-0.05, 0) is 30.8 Å². The van der Waals surface area contributed by atoms with E-state index in [9.17, 15) is 4.79 Å². The van der Waals surface area contributed by atoms with Crippen LogP contribution in [-0.2, 0) is 17.9 Å². The largest absolute Gasteiger partial charge is 0.497 e. The minimum atomic E-state index is 0.0563. The number of benzene rings is 2. The van der Waals surface area contributed by atoms with Crippen LogP contribution in [0.3, 0.4) is 0 Å². The van der Waals surface area contributed by atoms with Gasteiger partial charge >= 0.3 is 0 Å². The number of hydrogen-bond donors (Lipinski definition) is 0. The molecule has 6 heteroatoms. The Labute approximate surface area is 161 Å². The number of amides is 1. The van der Waals surface area contributed by atoms with E-state index in [1.54, 1.807) is 26.2 Å². The van der Waals surface area contributed by atoms with Crippen LogP contribution in [0.5, 0.6) is 17.2 Å². The van der Waals surface area contributed by atoms with Crippen molar-refractivity contribution in [3.05, 3.63) is 53.6 Å². The summed E-state index contributed by atoms with van der Waals surface area (Å²) in [5.74, 6) is 2.36. The minimum absolute atomic E-state index is 0.0563. The summed E-state index contributed by atoms with van der Waals surface area (Å²) in [7, 11) is 8.62. The van der Waals surface area contributed by atoms with Gasteiger partial charge in [0.2, 0.25) is 5.91 Å². The molecule has 0 spiro atoms. The van der Waals surface area contributed by atoms with E-state index < -0.39 is 0 Å². The summed E-state index contributed by atoms with van der Waals surface area (Å²) in [6, 6.07) is 13.4. The molecule has 0 aromatic heterocycles. The smallest absolute Gasteiger partial charge is 0.236 e. The average molecular weight is 372 g/mol. The molecule has 6 nitrogen and oxygen atoms in total. The predicted molar refractivity (Wildman–Crippen MR) is 105 cm³/mol. The van der Waals surface area contributed by atoms with Crippen LogP contribution in [0.15, 0.2) is 42.5 Å². The van der Waals surface area contributed by atoms with Crippen LogP contribution < -0.4 is 14.2 Å². The van der Waals surface area contributed by atoms with Gasteiger partial charge in [-0.1, -0.05) is 18.2 Å². The van der Waals surface area contributed by atoms with Crippen molar-refractivity contribution in [2.24, 2.45) is 0 Å². The zero-order valence-electron chi connectivity index (χ0n) is 16.7. The van der Waals surface area contributed by atoms with Crippen molar-refractivity contribution in [3.8, 4) is 17.2 Å². The van der Waals surface area contributed by atoms with Gasteiger partial charge in [0.05, 0.1) is 27.9 Å². The van der Waals surface area contributed by atoms with E-state index in [0.29, 0.717) is 19.6 Å². The second-order valence-corrected chi connectivity index (χ2v) is 6.45. The molecule has 0 saturated carbocycles. The van der Waals surface area contributed by atoms with E-state index in [-0.39, 0.29) is 5.91 Å². The number of hydrogen-bond acceptors (Lipinski definition) is 5. The molecule has 2 aromatic rings. The molecule has 0 unspecified atom stereocenters. The van der Waals surface area contributed by atoms with Gasteiger partial charge in [0.1, 0.15) is 17.2 Å². The van der Waals surface area contributed by atoms with E-state index in [1.165, 1.54) is 0 Å². The topological polar surface area (TPSA) is 51.2 Å². The maximum atomic E-state index is 12.5. The summed E-state index contributed by atoms with van der Waals surface area (Å²) in [6.07, 6.45) is 0. The Kier molecular flexibility index (Phi) is 7.49. The van der Waals surface area contributed by atoms with Gasteiger partial charge in [0.15, 0.2) is 0 Å². The molecule has 0 aliphatic heterocycles. The summed E-state index contributed by atoms with van der Waals surface area (Å²) in [5, 5.41) is 0. The normalized spacial score (nSPS) is 10.6. The predicted octanol–water partition coefficient (Wildman–Crippen LogP) is 2.80. The molecule has 0 radical (unpaired) electrons. The lowest BCUT2D eigenvalue weighted by Crippen LogP contribution is -2.36. The number of nitrogens with zero attached hydrogens (tertiary/aromatic N) is 2. The molecule has 0 saturated heterocycles. The highest BCUT2D eigenvalue weighted by Crippen LogP contribution is 2.25. The first-order valence-corrected chi connectivity index (χ1v) is 8.73. The third kappa shape index (κ3) is 5.89. The van der Waals surface area contributed by atoms with Gasteiger partial charge in [-0.15, -0.1) is 0 Å². The van der Waals surface area contributed by atoms with Crippen molar-refractivity contribution >= 4 is 5.91 Å². The molecule has 0 bridgehead atoms. The number of carbonyl (C=O) groups is 1. The van der Waals surface area contributed by atoms with Crippen LogP contribution in [-0.4, -0.2) is 57.7 Å². The molecule has 0 fully saturated rings. The lowest BCUT2D eigenvalue weighted by Gasteiger charge is -2.23. The van der Waals surface area contributed by atoms with Crippen LogP contribution >= 0.6 is 0 Å². The Bertz CT molecular complexity index is 746. The summed E-state index contributed by atoms with van der Waals surface area (Å²) < 4.78 is 15.8. The van der Waals surface area contributed by atoms with E-state index >= 15 is 0 Å². The van der Waals surface area contributed by atoms with Crippen molar-refractivity contribution in [1.29, 1.82) is 0 Å². The fourth-order valence-electron chi connectivity index (χ4n) is 2.77. The summed E-state index contributed by atoms with van der Waals surface area (Å²) in [5.41, 5.74) is 2.07. The van der Waals surface area contributed by atoms with Crippen LogP contribution in [0.4, 0.5) is 0 Å². The fraction of sp³-hybridized carbons (Fsp3) is 0.381. The maximum Gasteiger partial charge on any atom is 0.236 e. The lowest BCUT2D eigenvalue weighted by atomic mass is 10.1. The maximum absolute atomic E-state index is 12.5. The van der Waals surface area contributed by atoms with E-state index in [0.717, 1.165) is 28.4 Å². The van der Waals surface area contributed by atoms with Gasteiger partial charge in [-0.25, -0.2) is 0 Å². The molecule has 0 atom stereocenters. The molecule has 0 heterocycles. The first-order valence-electron chi connectivity index (χ1n) is 8.73. The molecule has 0 aliphatic carbocycles. The molecule has 0 aliphatic rings. The van der Waals surface area contributed by atoms with Crippen LogP contribution in [0, 0.1) is 0 Å². The molecule has 0 N–H and O–H groups in total. The van der Waals surface area contributed by atoms with Crippen LogP contribution in [0.25, 0.3) is 0 Å². The summed E-state index contributed by atoms with van der Waals surface area (Å²) >= 11 is 0. The number of methoxy groups -OCH3 is 3. The Hall–Kier alpha value is -2.73. The highest BCUT2D eigenvalue weighted by atomic mass is 16.5. The zero-order chi connectivity index (χ0) is 19.8. The molecule has 2 aromatic carbocycles. The molecule has 146 valence electrons. The van der Waals surface area contributed by atoms with Crippen molar-refractivity contribution in [3.63, 3.8) is 0 Å². The van der Waals surface area contributed by atoms with Crippen molar-refractivity contribution < 1.29 is 19.0 Å². The highest BCUT2D eigenvalue weighted by Gasteiger charge is 2.14. The highest BCUT2D eigenvalue weighted by molar-refractivity contribution is 5.78. The van der Waals surface area contributed by atoms with Crippen LogP contribution in [0.1, 0.15) is 11.1 Å². The Morgan fingerprint density at radius 2 is 1.48 bits per heavy atom. The number of carbonyl (C=O) groups excluding carboxylic acids is 1. The van der Waals surface area contributed by atoms with E-state index in [1.807, 2.05) is 61.5 Å². The molecular formula is C21H28N2O4. The van der Waals surface area contributed by atoms with Gasteiger partial charge in [-0.3, -0.25) is 9.69 Å². The first-order chi connectivity index (χ1) is 13.0. The second kappa shape index (κ2) is 9.83. The average Bonchev–Trinajstić information content (AvgIpc) is 2.68. The minimum Gasteiger partial charge on any atom is -0.497 e. The van der Waals surface area contributed by atoms with Gasteiger partial charge in [0.25, 0.3) is 0 Å². The van der Waals surface area contributed by atoms with Crippen molar-refractivity contribution in [1.82, 2.24) is 9.80 Å². The lowest BCUT2D eigenvalue weighted by molar-refractivity contribution is -0.131. The monoisotopic (exact) mass is 372 g/mol. The SMILES string of the molecule is COc1ccc(CN(C)C(=O)CN(C)Cc2ccc(OC)cc2OC)cc1. The number of likely N-dealkylation sites (N-methyl/N-ethyl adjacent to an activating group) is 2. The van der Waals surface area contributed by atoms with Crippen molar-refractivity contribution in [2.45, 2.75) is 13.1 Å². The molecule has 2 rings (SSSR count). The fourth-order valence-corrected chi connectivity index (χ4v) is 2.77. The first kappa shape index (κ1) is 20.6. The standard InChI is InChI=1S/C21H28N2O4/c1-22(14-17-8-11-19(26-4)12-20(17)27-5)15-21(24)23(2)13-16-6-9-18(25-3)10-7-16/h6-12H,13-15H2,1-5H3. The second-order valence-electron chi connectivity index (χ2n) is 6.45. The van der Waals surface area contributed by atoms with Gasteiger partial charge in [-0.2, -0.15) is 0 Å². The third-order valence-electron chi connectivity index (χ3n) is 4.34. The van der Waals surface area contributed by atoms with E-state index in [2.05, 4.69) is 0 Å². The Balaban J connectivity index is 1.92. The van der Waals surface area contributed by atoms with Gasteiger partial charge in [0, 0.05) is 31.8 Å². The summed E-state index contributed by atoms with van der Waals surface area (Å²) in [6.45, 7) is 1.49. The number of ether oxygens (including phenoxy) is 3. The third-order valence-corrected chi connectivity index (χ3v) is 4.34. The van der Waals surface area contributed by atoms with Crippen molar-refractivity contribution in [2.75, 3.05) is 42.0 Å². The van der Waals surface area contributed by atoms with Crippen LogP contribution in [0.2, 0.25) is 0 Å².